The number of methoxy groups -OCH3 is 1. The van der Waals surface area contributed by atoms with Gasteiger partial charge < -0.3 is 21.1 Å². The van der Waals surface area contributed by atoms with Crippen molar-refractivity contribution in [3.05, 3.63) is 18.2 Å². The minimum absolute atomic E-state index is 0. The predicted octanol–water partition coefficient (Wildman–Crippen LogP) is 2.53. The number of halogens is 1. The van der Waals surface area contributed by atoms with Crippen LogP contribution in [0.2, 0.25) is 0 Å². The van der Waals surface area contributed by atoms with E-state index in [9.17, 15) is 9.59 Å². The lowest BCUT2D eigenvalue weighted by Gasteiger charge is -2.25. The fraction of sp³-hybridized carbons (Fsp3) is 0.500. The molecule has 1 fully saturated rings. The smallest absolute Gasteiger partial charge is 0.227 e. The number of benzene rings is 1. The van der Waals surface area contributed by atoms with E-state index in [2.05, 4.69) is 10.6 Å². The van der Waals surface area contributed by atoms with E-state index in [-0.39, 0.29) is 36.2 Å². The van der Waals surface area contributed by atoms with Crippen molar-refractivity contribution < 1.29 is 14.3 Å². The molecule has 2 unspecified atom stereocenters. The van der Waals surface area contributed by atoms with Crippen molar-refractivity contribution in [3.63, 3.8) is 0 Å². The first-order chi connectivity index (χ1) is 10.5. The Balaban J connectivity index is 0.00000264. The van der Waals surface area contributed by atoms with Crippen molar-refractivity contribution in [2.75, 3.05) is 17.7 Å². The first-order valence-corrected chi connectivity index (χ1v) is 7.51. The number of amides is 2. The van der Waals surface area contributed by atoms with Crippen LogP contribution >= 0.6 is 12.4 Å². The molecule has 0 aliphatic heterocycles. The Labute approximate surface area is 142 Å². The Morgan fingerprint density at radius 3 is 2.61 bits per heavy atom. The first kappa shape index (κ1) is 19.3. The molecule has 1 aromatic carbocycles. The summed E-state index contributed by atoms with van der Waals surface area (Å²) in [5.74, 6) is 0.289. The van der Waals surface area contributed by atoms with Gasteiger partial charge in [0.25, 0.3) is 0 Å². The number of hydrogen-bond donors (Lipinski definition) is 3. The number of carbonyl (C=O) groups is 2. The normalized spacial score (nSPS) is 20.1. The van der Waals surface area contributed by atoms with Crippen LogP contribution in [0.25, 0.3) is 0 Å². The number of hydrogen-bond acceptors (Lipinski definition) is 4. The van der Waals surface area contributed by atoms with Crippen LogP contribution in [-0.2, 0) is 9.59 Å². The first-order valence-electron chi connectivity index (χ1n) is 7.51. The highest BCUT2D eigenvalue weighted by atomic mass is 35.5. The molecule has 2 rings (SSSR count). The minimum Gasteiger partial charge on any atom is -0.495 e. The average molecular weight is 342 g/mol. The molecule has 0 heterocycles. The second kappa shape index (κ2) is 8.74. The van der Waals surface area contributed by atoms with E-state index < -0.39 is 0 Å². The molecule has 1 aliphatic carbocycles. The van der Waals surface area contributed by atoms with Crippen LogP contribution in [0.4, 0.5) is 11.4 Å². The van der Waals surface area contributed by atoms with Gasteiger partial charge in [-0.15, -0.1) is 12.4 Å². The monoisotopic (exact) mass is 341 g/mol. The van der Waals surface area contributed by atoms with Crippen molar-refractivity contribution in [2.45, 2.75) is 38.6 Å². The summed E-state index contributed by atoms with van der Waals surface area (Å²) in [5, 5.41) is 5.59. The summed E-state index contributed by atoms with van der Waals surface area (Å²) in [4.78, 5) is 23.5. The van der Waals surface area contributed by atoms with Crippen molar-refractivity contribution in [3.8, 4) is 5.75 Å². The molecule has 7 heteroatoms. The van der Waals surface area contributed by atoms with Gasteiger partial charge in [-0.25, -0.2) is 0 Å². The topological polar surface area (TPSA) is 93.4 Å². The minimum atomic E-state index is -0.194. The van der Waals surface area contributed by atoms with E-state index in [4.69, 9.17) is 10.5 Å². The van der Waals surface area contributed by atoms with Crippen LogP contribution < -0.4 is 21.1 Å². The van der Waals surface area contributed by atoms with Gasteiger partial charge in [0.15, 0.2) is 0 Å². The van der Waals surface area contributed by atoms with Gasteiger partial charge in [0.05, 0.1) is 12.8 Å². The maximum absolute atomic E-state index is 12.3. The van der Waals surface area contributed by atoms with Gasteiger partial charge in [0.2, 0.25) is 11.8 Å². The van der Waals surface area contributed by atoms with Crippen LogP contribution in [0.3, 0.4) is 0 Å². The van der Waals surface area contributed by atoms with Crippen LogP contribution in [0.15, 0.2) is 18.2 Å². The predicted molar refractivity (Wildman–Crippen MR) is 93.1 cm³/mol. The third-order valence-electron chi connectivity index (χ3n) is 3.86. The molecule has 2 amide bonds. The summed E-state index contributed by atoms with van der Waals surface area (Å²) in [7, 11) is 1.53. The Bertz CT molecular complexity index is 566. The highest BCUT2D eigenvalue weighted by Crippen LogP contribution is 2.29. The maximum Gasteiger partial charge on any atom is 0.227 e. The SMILES string of the molecule is COc1ccc(NC(=O)C2CCCC(N)C2)cc1NC(C)=O.Cl. The van der Waals surface area contributed by atoms with Crippen molar-refractivity contribution >= 4 is 35.6 Å². The zero-order chi connectivity index (χ0) is 16.1. The zero-order valence-electron chi connectivity index (χ0n) is 13.4. The van der Waals surface area contributed by atoms with Crippen LogP contribution in [-0.4, -0.2) is 25.0 Å². The Kier molecular flexibility index (Phi) is 7.32. The summed E-state index contributed by atoms with van der Waals surface area (Å²) in [5.41, 5.74) is 7.10. The van der Waals surface area contributed by atoms with Gasteiger partial charge in [-0.2, -0.15) is 0 Å². The second-order valence-electron chi connectivity index (χ2n) is 5.71. The summed E-state index contributed by atoms with van der Waals surface area (Å²) >= 11 is 0. The number of anilines is 2. The Morgan fingerprint density at radius 2 is 2.00 bits per heavy atom. The molecule has 1 aromatic rings. The standard InChI is InChI=1S/C16H23N3O3.ClH/c1-10(20)18-14-9-13(6-7-15(14)22-2)19-16(21)11-4-3-5-12(17)8-11;/h6-7,9,11-12H,3-5,8,17H2,1-2H3,(H,18,20)(H,19,21);1H. The van der Waals surface area contributed by atoms with Gasteiger partial charge in [-0.1, -0.05) is 6.42 Å². The number of rotatable bonds is 4. The molecule has 0 saturated heterocycles. The lowest BCUT2D eigenvalue weighted by Crippen LogP contribution is -2.34. The summed E-state index contributed by atoms with van der Waals surface area (Å²) < 4.78 is 5.19. The zero-order valence-corrected chi connectivity index (χ0v) is 14.2. The largest absolute Gasteiger partial charge is 0.495 e. The molecule has 6 nitrogen and oxygen atoms in total. The van der Waals surface area contributed by atoms with Gasteiger partial charge >= 0.3 is 0 Å². The average Bonchev–Trinajstić information content (AvgIpc) is 2.47. The molecule has 23 heavy (non-hydrogen) atoms. The van der Waals surface area contributed by atoms with E-state index in [1.54, 1.807) is 18.2 Å². The summed E-state index contributed by atoms with van der Waals surface area (Å²) in [6.07, 6.45) is 3.56. The number of nitrogens with one attached hydrogen (secondary N) is 2. The van der Waals surface area contributed by atoms with E-state index in [0.717, 1.165) is 25.7 Å². The molecule has 1 aliphatic rings. The number of carbonyl (C=O) groups excluding carboxylic acids is 2. The Morgan fingerprint density at radius 1 is 1.26 bits per heavy atom. The second-order valence-corrected chi connectivity index (χ2v) is 5.71. The molecule has 2 atom stereocenters. The van der Waals surface area contributed by atoms with E-state index in [0.29, 0.717) is 17.1 Å². The van der Waals surface area contributed by atoms with Gasteiger partial charge in [-0.05, 0) is 37.5 Å². The van der Waals surface area contributed by atoms with Crippen molar-refractivity contribution in [2.24, 2.45) is 11.7 Å². The highest BCUT2D eigenvalue weighted by Gasteiger charge is 2.25. The van der Waals surface area contributed by atoms with Gasteiger partial charge in [0, 0.05) is 24.6 Å². The summed E-state index contributed by atoms with van der Waals surface area (Å²) in [6, 6.07) is 5.27. The number of ether oxygens (including phenoxy) is 1. The third kappa shape index (κ3) is 5.41. The van der Waals surface area contributed by atoms with Crippen LogP contribution in [0, 0.1) is 5.92 Å². The Hall–Kier alpha value is -1.79. The highest BCUT2D eigenvalue weighted by molar-refractivity contribution is 5.95. The molecule has 128 valence electrons. The molecular formula is C16H24ClN3O3. The molecule has 0 radical (unpaired) electrons. The van der Waals surface area contributed by atoms with E-state index >= 15 is 0 Å². The molecule has 0 bridgehead atoms. The van der Waals surface area contributed by atoms with E-state index in [1.807, 2.05) is 0 Å². The van der Waals surface area contributed by atoms with E-state index in [1.165, 1.54) is 14.0 Å². The third-order valence-corrected chi connectivity index (χ3v) is 3.86. The molecule has 1 saturated carbocycles. The lowest BCUT2D eigenvalue weighted by atomic mass is 9.85. The van der Waals surface area contributed by atoms with Crippen molar-refractivity contribution in [1.29, 1.82) is 0 Å². The van der Waals surface area contributed by atoms with Crippen LogP contribution in [0.5, 0.6) is 5.75 Å². The fourth-order valence-electron chi connectivity index (χ4n) is 2.78. The van der Waals surface area contributed by atoms with Gasteiger partial charge in [-0.3, -0.25) is 9.59 Å². The van der Waals surface area contributed by atoms with Crippen molar-refractivity contribution in [1.82, 2.24) is 0 Å². The fourth-order valence-corrected chi connectivity index (χ4v) is 2.78. The summed E-state index contributed by atoms with van der Waals surface area (Å²) in [6.45, 7) is 1.42. The van der Waals surface area contributed by atoms with Crippen LogP contribution in [0.1, 0.15) is 32.6 Å². The maximum atomic E-state index is 12.3. The molecule has 4 N–H and O–H groups in total. The molecule has 0 aromatic heterocycles. The molecular weight excluding hydrogens is 318 g/mol. The van der Waals surface area contributed by atoms with Gasteiger partial charge in [0.1, 0.15) is 5.75 Å². The quantitative estimate of drug-likeness (QED) is 0.784. The lowest BCUT2D eigenvalue weighted by molar-refractivity contribution is -0.121. The molecule has 0 spiro atoms. The number of nitrogens with two attached hydrogens (primary N) is 1.